The fourth-order valence-corrected chi connectivity index (χ4v) is 9.98. The van der Waals surface area contributed by atoms with Gasteiger partial charge in [0.25, 0.3) is 0 Å². The van der Waals surface area contributed by atoms with E-state index in [4.69, 9.17) is 9.97 Å². The van der Waals surface area contributed by atoms with Crippen LogP contribution in [-0.4, -0.2) is 19.1 Å². The SMILES string of the molecule is c1ccc(-c2ccc(-c3nc(-c4cccc(-n5c6ccccc6c6c(-c7ccc8c9ccccc9n(-c9ccccc9)c8c7)cccc65)c4)nc4c3ccc3ccccc34)cc2)cc1. The molecule has 0 aliphatic heterocycles. The zero-order chi connectivity index (χ0) is 42.1. The number of hydrogen-bond acceptors (Lipinski definition) is 2. The molecule has 0 N–H and O–H groups in total. The summed E-state index contributed by atoms with van der Waals surface area (Å²) in [7, 11) is 0. The first kappa shape index (κ1) is 36.1. The Kier molecular flexibility index (Phi) is 8.18. The van der Waals surface area contributed by atoms with Gasteiger partial charge in [0, 0.05) is 54.8 Å². The lowest BCUT2D eigenvalue weighted by Gasteiger charge is -2.14. The molecule has 13 aromatic rings. The van der Waals surface area contributed by atoms with Crippen molar-refractivity contribution in [2.75, 3.05) is 0 Å². The van der Waals surface area contributed by atoms with Gasteiger partial charge in [-0.2, -0.15) is 0 Å². The molecule has 13 rings (SSSR count). The van der Waals surface area contributed by atoms with Gasteiger partial charge in [-0.05, 0) is 82.2 Å². The summed E-state index contributed by atoms with van der Waals surface area (Å²) in [5.74, 6) is 0.691. The molecule has 0 aliphatic rings. The van der Waals surface area contributed by atoms with Crippen molar-refractivity contribution in [2.45, 2.75) is 0 Å². The third-order valence-electron chi connectivity index (χ3n) is 12.9. The second-order valence-electron chi connectivity index (χ2n) is 16.5. The molecule has 0 saturated carbocycles. The minimum atomic E-state index is 0.691. The van der Waals surface area contributed by atoms with Crippen LogP contribution in [0.15, 0.2) is 231 Å². The largest absolute Gasteiger partial charge is 0.309 e. The number of fused-ring (bicyclic) bond motifs is 9. The molecular weight excluding hydrogens is 777 g/mol. The first-order chi connectivity index (χ1) is 31.7. The second kappa shape index (κ2) is 14.5. The van der Waals surface area contributed by atoms with Crippen LogP contribution in [-0.2, 0) is 0 Å². The summed E-state index contributed by atoms with van der Waals surface area (Å²) in [5, 5.41) is 8.21. The molecule has 0 radical (unpaired) electrons. The maximum Gasteiger partial charge on any atom is 0.160 e. The van der Waals surface area contributed by atoms with Crippen LogP contribution in [0.1, 0.15) is 0 Å². The summed E-state index contributed by atoms with van der Waals surface area (Å²) in [6.07, 6.45) is 0. The fourth-order valence-electron chi connectivity index (χ4n) is 9.98. The van der Waals surface area contributed by atoms with Gasteiger partial charge in [-0.3, -0.25) is 0 Å². The van der Waals surface area contributed by atoms with Gasteiger partial charge in [0.15, 0.2) is 5.82 Å². The standard InChI is InChI=1S/C60H38N4/c1-3-15-39(16-4-1)40-29-31-42(32-30-40)58-52-36-33-41-17-7-8-22-48(41)59(52)62-60(61-58)44-18-13-21-46(37-44)64-54-27-12-10-24-51(54)57-47(25-14-28-55(57)64)43-34-35-50-49-23-9-11-26-53(49)63(56(50)38-43)45-19-5-2-6-20-45/h1-38H. The lowest BCUT2D eigenvalue weighted by molar-refractivity contribution is 1.17. The van der Waals surface area contributed by atoms with Crippen molar-refractivity contribution >= 4 is 65.3 Å². The first-order valence-electron chi connectivity index (χ1n) is 21.8. The summed E-state index contributed by atoms with van der Waals surface area (Å²) < 4.78 is 4.79. The van der Waals surface area contributed by atoms with Crippen LogP contribution in [0.25, 0.3) is 122 Å². The van der Waals surface area contributed by atoms with Crippen LogP contribution < -0.4 is 0 Å². The van der Waals surface area contributed by atoms with E-state index in [1.807, 2.05) is 0 Å². The van der Waals surface area contributed by atoms with Gasteiger partial charge in [0.1, 0.15) is 0 Å². The van der Waals surface area contributed by atoms with Crippen LogP contribution in [0.4, 0.5) is 0 Å². The van der Waals surface area contributed by atoms with Gasteiger partial charge in [-0.15, -0.1) is 0 Å². The van der Waals surface area contributed by atoms with Crippen LogP contribution >= 0.6 is 0 Å². The summed E-state index contributed by atoms with van der Waals surface area (Å²) in [6, 6.07) is 82.7. The van der Waals surface area contributed by atoms with Gasteiger partial charge in [0.05, 0.1) is 33.3 Å². The van der Waals surface area contributed by atoms with Gasteiger partial charge >= 0.3 is 0 Å². The molecule has 64 heavy (non-hydrogen) atoms. The molecule has 298 valence electrons. The predicted molar refractivity (Wildman–Crippen MR) is 267 cm³/mol. The third kappa shape index (κ3) is 5.70. The van der Waals surface area contributed by atoms with Crippen molar-refractivity contribution in [1.29, 1.82) is 0 Å². The minimum Gasteiger partial charge on any atom is -0.309 e. The van der Waals surface area contributed by atoms with Gasteiger partial charge in [-0.1, -0.05) is 176 Å². The molecule has 0 amide bonds. The molecule has 0 atom stereocenters. The van der Waals surface area contributed by atoms with Crippen LogP contribution in [0.2, 0.25) is 0 Å². The van der Waals surface area contributed by atoms with Gasteiger partial charge in [0.2, 0.25) is 0 Å². The van der Waals surface area contributed by atoms with E-state index in [0.717, 1.165) is 60.9 Å². The molecule has 0 aliphatic carbocycles. The molecule has 0 unspecified atom stereocenters. The smallest absolute Gasteiger partial charge is 0.160 e. The van der Waals surface area contributed by atoms with Crippen molar-refractivity contribution in [3.05, 3.63) is 231 Å². The Morgan fingerprint density at radius 2 is 0.859 bits per heavy atom. The van der Waals surface area contributed by atoms with E-state index in [0.29, 0.717) is 5.82 Å². The zero-order valence-electron chi connectivity index (χ0n) is 34.7. The number of benzene rings is 10. The summed E-state index contributed by atoms with van der Waals surface area (Å²) >= 11 is 0. The quantitative estimate of drug-likeness (QED) is 0.157. The molecule has 4 heteroatoms. The lowest BCUT2D eigenvalue weighted by atomic mass is 9.98. The summed E-state index contributed by atoms with van der Waals surface area (Å²) in [4.78, 5) is 10.8. The average Bonchev–Trinajstić information content (AvgIpc) is 3.89. The average molecular weight is 815 g/mol. The van der Waals surface area contributed by atoms with Gasteiger partial charge in [-0.25, -0.2) is 9.97 Å². The maximum atomic E-state index is 5.40. The van der Waals surface area contributed by atoms with E-state index in [9.17, 15) is 0 Å². The monoisotopic (exact) mass is 814 g/mol. The number of para-hydroxylation sites is 3. The Morgan fingerprint density at radius 3 is 1.69 bits per heavy atom. The number of hydrogen-bond donors (Lipinski definition) is 0. The molecule has 10 aromatic carbocycles. The van der Waals surface area contributed by atoms with Crippen molar-refractivity contribution < 1.29 is 0 Å². The van der Waals surface area contributed by atoms with E-state index in [1.54, 1.807) is 0 Å². The van der Waals surface area contributed by atoms with Gasteiger partial charge < -0.3 is 9.13 Å². The number of rotatable bonds is 6. The van der Waals surface area contributed by atoms with E-state index in [-0.39, 0.29) is 0 Å². The van der Waals surface area contributed by atoms with Crippen molar-refractivity contribution in [2.24, 2.45) is 0 Å². The topological polar surface area (TPSA) is 35.6 Å². The van der Waals surface area contributed by atoms with Crippen molar-refractivity contribution in [1.82, 2.24) is 19.1 Å². The zero-order valence-corrected chi connectivity index (χ0v) is 34.7. The highest BCUT2D eigenvalue weighted by atomic mass is 15.0. The minimum absolute atomic E-state index is 0.691. The molecule has 0 spiro atoms. The molecule has 0 fully saturated rings. The van der Waals surface area contributed by atoms with E-state index >= 15 is 0 Å². The number of nitrogens with zero attached hydrogens (tertiary/aromatic N) is 4. The summed E-state index contributed by atoms with van der Waals surface area (Å²) in [6.45, 7) is 0. The Bertz CT molecular complexity index is 3940. The highest BCUT2D eigenvalue weighted by Crippen LogP contribution is 2.42. The van der Waals surface area contributed by atoms with Crippen LogP contribution in [0.3, 0.4) is 0 Å². The van der Waals surface area contributed by atoms with Crippen molar-refractivity contribution in [3.8, 4) is 56.3 Å². The molecule has 3 aromatic heterocycles. The molecule has 0 saturated heterocycles. The first-order valence-corrected chi connectivity index (χ1v) is 21.8. The van der Waals surface area contributed by atoms with Crippen LogP contribution in [0, 0.1) is 0 Å². The molecular formula is C60H38N4. The predicted octanol–water partition coefficient (Wildman–Crippen LogP) is 15.6. The number of aromatic nitrogens is 4. The second-order valence-corrected chi connectivity index (χ2v) is 16.5. The Labute approximate surface area is 369 Å². The molecule has 3 heterocycles. The Balaban J connectivity index is 0.987. The van der Waals surface area contributed by atoms with Crippen LogP contribution in [0.5, 0.6) is 0 Å². The molecule has 4 nitrogen and oxygen atoms in total. The van der Waals surface area contributed by atoms with E-state index in [2.05, 4.69) is 240 Å². The fraction of sp³-hybridized carbons (Fsp3) is 0. The highest BCUT2D eigenvalue weighted by Gasteiger charge is 2.20. The van der Waals surface area contributed by atoms with Crippen molar-refractivity contribution in [3.63, 3.8) is 0 Å². The highest BCUT2D eigenvalue weighted by molar-refractivity contribution is 6.17. The Hall–Kier alpha value is -8.60. The normalized spacial score (nSPS) is 11.8. The lowest BCUT2D eigenvalue weighted by Crippen LogP contribution is -1.98. The summed E-state index contributed by atoms with van der Waals surface area (Å²) in [5.41, 5.74) is 15.5. The Morgan fingerprint density at radius 1 is 0.297 bits per heavy atom. The van der Waals surface area contributed by atoms with E-state index < -0.39 is 0 Å². The maximum absolute atomic E-state index is 5.40. The van der Waals surface area contributed by atoms with E-state index in [1.165, 1.54) is 54.8 Å². The third-order valence-corrected chi connectivity index (χ3v) is 12.9. The molecule has 0 bridgehead atoms.